The van der Waals surface area contributed by atoms with Crippen molar-refractivity contribution in [2.45, 2.75) is 32.4 Å². The normalized spacial score (nSPS) is 16.1. The molecule has 4 nitrogen and oxygen atoms in total. The highest BCUT2D eigenvalue weighted by atomic mass is 19.4. The van der Waals surface area contributed by atoms with Crippen LogP contribution in [0.15, 0.2) is 85.6 Å². The first-order valence-electron chi connectivity index (χ1n) is 13.3. The smallest absolute Gasteiger partial charge is 0.399 e. The van der Waals surface area contributed by atoms with Crippen molar-refractivity contribution in [2.24, 2.45) is 17.1 Å². The summed E-state index contributed by atoms with van der Waals surface area (Å²) in [6.07, 6.45) is -2.05. The Morgan fingerprint density at radius 2 is 1.70 bits per heavy atom. The minimum atomic E-state index is -4.63. The zero-order valence-electron chi connectivity index (χ0n) is 23.0. The molecule has 1 unspecified atom stereocenters. The van der Waals surface area contributed by atoms with Gasteiger partial charge in [0, 0.05) is 22.5 Å². The van der Waals surface area contributed by atoms with Gasteiger partial charge < -0.3 is 16.0 Å². The van der Waals surface area contributed by atoms with Crippen molar-refractivity contribution in [3.05, 3.63) is 108 Å². The van der Waals surface area contributed by atoms with Crippen LogP contribution in [0.25, 0.3) is 16.8 Å². The molecule has 1 fully saturated rings. The van der Waals surface area contributed by atoms with Crippen molar-refractivity contribution < 1.29 is 13.2 Å². The highest BCUT2D eigenvalue weighted by Crippen LogP contribution is 2.44. The lowest BCUT2D eigenvalue weighted by Gasteiger charge is -2.44. The molecule has 1 aliphatic rings. The van der Waals surface area contributed by atoms with E-state index >= 15 is 0 Å². The minimum Gasteiger partial charge on any atom is -0.399 e. The van der Waals surface area contributed by atoms with Gasteiger partial charge in [0.05, 0.1) is 17.2 Å². The summed E-state index contributed by atoms with van der Waals surface area (Å²) in [5.41, 5.74) is 9.60. The number of nitrogens with one attached hydrogen (secondary N) is 1. The van der Waals surface area contributed by atoms with Crippen LogP contribution in [-0.4, -0.2) is 25.0 Å². The predicted octanol–water partition coefficient (Wildman–Crippen LogP) is 7.69. The first kappa shape index (κ1) is 29.0. The number of hydrogen-bond donors (Lipinski definition) is 2. The maximum Gasteiger partial charge on any atom is 0.417 e. The van der Waals surface area contributed by atoms with Gasteiger partial charge in [-0.3, -0.25) is 0 Å². The zero-order valence-corrected chi connectivity index (χ0v) is 23.0. The van der Waals surface area contributed by atoms with E-state index < -0.39 is 22.7 Å². The minimum absolute atomic E-state index is 0.269. The van der Waals surface area contributed by atoms with E-state index in [1.54, 1.807) is 6.07 Å². The van der Waals surface area contributed by atoms with Gasteiger partial charge in [-0.1, -0.05) is 68.6 Å². The summed E-state index contributed by atoms with van der Waals surface area (Å²) in [6.45, 7) is 12.2. The Labute approximate surface area is 234 Å². The average molecular weight is 545 g/mol. The van der Waals surface area contributed by atoms with Crippen molar-refractivity contribution in [3.63, 3.8) is 0 Å². The molecule has 0 aliphatic carbocycles. The van der Waals surface area contributed by atoms with Crippen LogP contribution in [0.1, 0.15) is 42.0 Å². The summed E-state index contributed by atoms with van der Waals surface area (Å²) < 4.78 is 40.9. The number of allylic oxidation sites excluding steroid dienone is 1. The van der Waals surface area contributed by atoms with E-state index in [-0.39, 0.29) is 11.6 Å². The second-order valence-corrected chi connectivity index (χ2v) is 10.9. The van der Waals surface area contributed by atoms with Gasteiger partial charge in [0.2, 0.25) is 0 Å². The van der Waals surface area contributed by atoms with Crippen LogP contribution in [0.2, 0.25) is 0 Å². The number of alkyl halides is 3. The lowest BCUT2D eigenvalue weighted by Crippen LogP contribution is -2.41. The highest BCUT2D eigenvalue weighted by molar-refractivity contribution is 5.68. The number of nitriles is 1. The Kier molecular flexibility index (Phi) is 8.41. The van der Waals surface area contributed by atoms with Crippen LogP contribution in [0.3, 0.4) is 0 Å². The van der Waals surface area contributed by atoms with Crippen molar-refractivity contribution in [1.82, 2.24) is 4.90 Å². The second kappa shape index (κ2) is 11.6. The third-order valence-corrected chi connectivity index (χ3v) is 8.14. The SMILES string of the molecule is C=C(N)c1ccc(-c2cccc(CC(C)(C(=C)Nc3ccc(C#N)c(C(F)(F)F)c3)C3CCN(C)CC3)c2)cc1. The molecule has 0 bridgehead atoms. The Hall–Kier alpha value is -4.02. The number of anilines is 1. The topological polar surface area (TPSA) is 65.1 Å². The third-order valence-electron chi connectivity index (χ3n) is 8.14. The van der Waals surface area contributed by atoms with E-state index in [9.17, 15) is 18.4 Å². The van der Waals surface area contributed by atoms with Crippen molar-refractivity contribution in [2.75, 3.05) is 25.5 Å². The van der Waals surface area contributed by atoms with Gasteiger partial charge in [0.15, 0.2) is 0 Å². The highest BCUT2D eigenvalue weighted by Gasteiger charge is 2.39. The Bertz CT molecular complexity index is 1430. The molecule has 1 atom stereocenters. The Morgan fingerprint density at radius 3 is 2.30 bits per heavy atom. The van der Waals surface area contributed by atoms with Gasteiger partial charge in [-0.25, -0.2) is 0 Å². The number of likely N-dealkylation sites (tertiary alicyclic amines) is 1. The molecule has 1 aliphatic heterocycles. The summed E-state index contributed by atoms with van der Waals surface area (Å²) in [5, 5.41) is 12.4. The molecule has 40 heavy (non-hydrogen) atoms. The molecule has 208 valence electrons. The molecule has 3 aromatic rings. The second-order valence-electron chi connectivity index (χ2n) is 10.9. The summed E-state index contributed by atoms with van der Waals surface area (Å²) >= 11 is 0. The quantitative estimate of drug-likeness (QED) is 0.305. The van der Waals surface area contributed by atoms with Gasteiger partial charge >= 0.3 is 6.18 Å². The van der Waals surface area contributed by atoms with Gasteiger partial charge in [-0.15, -0.1) is 0 Å². The Morgan fingerprint density at radius 1 is 1.02 bits per heavy atom. The van der Waals surface area contributed by atoms with Gasteiger partial charge in [-0.05, 0) is 85.8 Å². The summed E-state index contributed by atoms with van der Waals surface area (Å²) in [6, 6.07) is 21.6. The molecule has 1 heterocycles. The zero-order chi connectivity index (χ0) is 29.1. The fourth-order valence-electron chi connectivity index (χ4n) is 5.58. The molecule has 3 aromatic carbocycles. The predicted molar refractivity (Wildman–Crippen MR) is 156 cm³/mol. The number of nitrogens with two attached hydrogens (primary N) is 1. The van der Waals surface area contributed by atoms with E-state index in [1.165, 1.54) is 12.1 Å². The third kappa shape index (κ3) is 6.40. The first-order valence-corrected chi connectivity index (χ1v) is 13.3. The lowest BCUT2D eigenvalue weighted by molar-refractivity contribution is -0.137. The molecule has 1 saturated heterocycles. The summed E-state index contributed by atoms with van der Waals surface area (Å²) in [7, 11) is 2.10. The van der Waals surface area contributed by atoms with Crippen LogP contribution >= 0.6 is 0 Å². The maximum atomic E-state index is 13.6. The van der Waals surface area contributed by atoms with Crippen LogP contribution in [0, 0.1) is 22.7 Å². The summed E-state index contributed by atoms with van der Waals surface area (Å²) in [4.78, 5) is 2.30. The molecule has 3 N–H and O–H groups in total. The number of piperidine rings is 1. The standard InChI is InChI=1S/C33H35F3N4/c1-22(38)25-8-10-26(11-9-25)27-7-5-6-24(18-27)20-32(3,29-14-16-40(4)17-15-29)23(2)39-30-13-12-28(21-37)31(19-30)33(34,35)36/h5-13,18-19,29,39H,1-2,14-17,20,38H2,3-4H3. The molecule has 0 amide bonds. The van der Waals surface area contributed by atoms with Crippen LogP contribution in [0.4, 0.5) is 18.9 Å². The van der Waals surface area contributed by atoms with E-state index in [0.717, 1.165) is 54.3 Å². The van der Waals surface area contributed by atoms with Gasteiger partial charge in [0.1, 0.15) is 0 Å². The van der Waals surface area contributed by atoms with Crippen LogP contribution < -0.4 is 11.1 Å². The fourth-order valence-corrected chi connectivity index (χ4v) is 5.58. The number of hydrogen-bond acceptors (Lipinski definition) is 4. The molecule has 0 aromatic heterocycles. The molecule has 0 spiro atoms. The average Bonchev–Trinajstić information content (AvgIpc) is 2.93. The Balaban J connectivity index is 1.65. The fraction of sp³-hybridized carbons (Fsp3) is 0.303. The van der Waals surface area contributed by atoms with Crippen molar-refractivity contribution in [3.8, 4) is 17.2 Å². The molecule has 0 saturated carbocycles. The van der Waals surface area contributed by atoms with E-state index in [2.05, 4.69) is 55.5 Å². The first-order chi connectivity index (χ1) is 18.9. The van der Waals surface area contributed by atoms with E-state index in [1.807, 2.05) is 30.3 Å². The molecular formula is C33H35F3N4. The number of rotatable bonds is 8. The largest absolute Gasteiger partial charge is 0.417 e. The van der Waals surface area contributed by atoms with Crippen LogP contribution in [-0.2, 0) is 12.6 Å². The van der Waals surface area contributed by atoms with Crippen LogP contribution in [0.5, 0.6) is 0 Å². The van der Waals surface area contributed by atoms with Crippen molar-refractivity contribution in [1.29, 1.82) is 5.26 Å². The number of halogens is 3. The number of nitrogens with zero attached hydrogens (tertiary/aromatic N) is 2. The molecule has 4 rings (SSSR count). The van der Waals surface area contributed by atoms with Gasteiger partial charge in [-0.2, -0.15) is 18.4 Å². The summed E-state index contributed by atoms with van der Waals surface area (Å²) in [5.74, 6) is 0.280. The molecule has 7 heteroatoms. The van der Waals surface area contributed by atoms with E-state index in [0.29, 0.717) is 17.8 Å². The monoisotopic (exact) mass is 544 g/mol. The van der Waals surface area contributed by atoms with Crippen molar-refractivity contribution >= 4 is 11.4 Å². The van der Waals surface area contributed by atoms with Gasteiger partial charge in [0.25, 0.3) is 0 Å². The lowest BCUT2D eigenvalue weighted by atomic mass is 9.67. The molecule has 0 radical (unpaired) electrons. The maximum absolute atomic E-state index is 13.6. The molecular weight excluding hydrogens is 509 g/mol. The van der Waals surface area contributed by atoms with E-state index in [4.69, 9.17) is 5.73 Å². The number of benzene rings is 3.